The van der Waals surface area contributed by atoms with Gasteiger partial charge in [0.15, 0.2) is 0 Å². The first-order valence-corrected chi connectivity index (χ1v) is 7.28. The van der Waals surface area contributed by atoms with Gasteiger partial charge in [-0.25, -0.2) is 0 Å². The number of nitrogens with zero attached hydrogens (tertiary/aromatic N) is 1. The molecule has 0 amide bonds. The molecule has 1 fully saturated rings. The average Bonchev–Trinajstić information content (AvgIpc) is 2.46. The van der Waals surface area contributed by atoms with Gasteiger partial charge in [0.1, 0.15) is 11.6 Å². The van der Waals surface area contributed by atoms with E-state index < -0.39 is 0 Å². The van der Waals surface area contributed by atoms with E-state index in [9.17, 15) is 0 Å². The number of amidine groups is 1. The lowest BCUT2D eigenvalue weighted by Crippen LogP contribution is -2.36. The molecule has 0 unspecified atom stereocenters. The van der Waals surface area contributed by atoms with Gasteiger partial charge in [0.25, 0.3) is 0 Å². The van der Waals surface area contributed by atoms with Gasteiger partial charge in [0, 0.05) is 24.7 Å². The summed E-state index contributed by atoms with van der Waals surface area (Å²) < 4.78 is 5.31. The molecular weight excluding hydrogens is 250 g/mol. The fourth-order valence-corrected chi connectivity index (χ4v) is 2.98. The lowest BCUT2D eigenvalue weighted by Gasteiger charge is -2.36. The minimum atomic E-state index is 0.110. The Morgan fingerprint density at radius 1 is 1.30 bits per heavy atom. The molecule has 1 aliphatic rings. The molecule has 3 N–H and O–H groups in total. The molecule has 0 atom stereocenters. The molecule has 4 nitrogen and oxygen atoms in total. The molecule has 0 aromatic heterocycles. The summed E-state index contributed by atoms with van der Waals surface area (Å²) in [6.45, 7) is 2.32. The third-order valence-electron chi connectivity index (χ3n) is 4.41. The molecule has 1 aliphatic carbocycles. The lowest BCUT2D eigenvalue weighted by atomic mass is 9.86. The number of rotatable bonds is 4. The van der Waals surface area contributed by atoms with Gasteiger partial charge in [0.05, 0.1) is 12.8 Å². The third kappa shape index (κ3) is 3.06. The zero-order chi connectivity index (χ0) is 14.7. The molecule has 0 radical (unpaired) electrons. The van der Waals surface area contributed by atoms with Crippen LogP contribution in [-0.2, 0) is 0 Å². The van der Waals surface area contributed by atoms with Crippen LogP contribution in [0, 0.1) is 11.3 Å². The fraction of sp³-hybridized carbons (Fsp3) is 0.562. The van der Waals surface area contributed by atoms with E-state index >= 15 is 0 Å². The zero-order valence-electron chi connectivity index (χ0n) is 12.6. The number of anilines is 1. The number of ether oxygens (including phenoxy) is 1. The summed E-state index contributed by atoms with van der Waals surface area (Å²) in [4.78, 5) is 2.27. The second-order valence-electron chi connectivity index (χ2n) is 5.82. The summed E-state index contributed by atoms with van der Waals surface area (Å²) in [6.07, 6.45) is 4.95. The summed E-state index contributed by atoms with van der Waals surface area (Å²) in [6, 6.07) is 6.24. The zero-order valence-corrected chi connectivity index (χ0v) is 12.6. The van der Waals surface area contributed by atoms with Gasteiger partial charge in [-0.2, -0.15) is 0 Å². The van der Waals surface area contributed by atoms with Crippen molar-refractivity contribution in [2.24, 2.45) is 11.7 Å². The molecule has 1 saturated carbocycles. The van der Waals surface area contributed by atoms with Crippen molar-refractivity contribution in [3.05, 3.63) is 23.8 Å². The van der Waals surface area contributed by atoms with Gasteiger partial charge in [-0.15, -0.1) is 0 Å². The number of nitrogens with two attached hydrogens (primary N) is 1. The molecule has 0 saturated heterocycles. The van der Waals surface area contributed by atoms with Gasteiger partial charge in [-0.05, 0) is 43.7 Å². The molecule has 0 bridgehead atoms. The molecule has 20 heavy (non-hydrogen) atoms. The second kappa shape index (κ2) is 6.16. The summed E-state index contributed by atoms with van der Waals surface area (Å²) in [5, 5.41) is 7.75. The Bertz CT molecular complexity index is 479. The quantitative estimate of drug-likeness (QED) is 0.656. The van der Waals surface area contributed by atoms with E-state index in [0.717, 1.165) is 22.9 Å². The summed E-state index contributed by atoms with van der Waals surface area (Å²) >= 11 is 0. The first-order chi connectivity index (χ1) is 9.52. The molecule has 0 spiro atoms. The van der Waals surface area contributed by atoms with Crippen molar-refractivity contribution in [2.45, 2.75) is 38.6 Å². The van der Waals surface area contributed by atoms with Crippen molar-refractivity contribution in [3.63, 3.8) is 0 Å². The Hall–Kier alpha value is -1.71. The summed E-state index contributed by atoms with van der Waals surface area (Å²) in [5.74, 6) is 1.75. The number of methoxy groups -OCH3 is 1. The maximum atomic E-state index is 7.75. The van der Waals surface area contributed by atoms with Crippen molar-refractivity contribution in [1.82, 2.24) is 0 Å². The number of nitrogen functional groups attached to an aromatic ring is 1. The Kier molecular flexibility index (Phi) is 4.53. The Balaban J connectivity index is 2.27. The van der Waals surface area contributed by atoms with Crippen molar-refractivity contribution in [2.75, 3.05) is 19.1 Å². The predicted octanol–water partition coefficient (Wildman–Crippen LogP) is 2.99. The highest BCUT2D eigenvalue weighted by Gasteiger charge is 2.24. The molecule has 1 aromatic carbocycles. The van der Waals surface area contributed by atoms with Crippen molar-refractivity contribution in [3.8, 4) is 5.75 Å². The monoisotopic (exact) mass is 275 g/mol. The molecule has 110 valence electrons. The van der Waals surface area contributed by atoms with Gasteiger partial charge in [-0.1, -0.05) is 6.92 Å². The lowest BCUT2D eigenvalue weighted by molar-refractivity contribution is 0.340. The van der Waals surface area contributed by atoms with E-state index in [4.69, 9.17) is 15.9 Å². The van der Waals surface area contributed by atoms with Crippen LogP contribution in [0.4, 0.5) is 5.69 Å². The number of benzene rings is 1. The Morgan fingerprint density at radius 3 is 2.50 bits per heavy atom. The first-order valence-electron chi connectivity index (χ1n) is 7.28. The SMILES string of the molecule is COc1ccc(C(=N)N)c(N(C)C2CCC(C)CC2)c1. The molecule has 4 heteroatoms. The molecular formula is C16H25N3O. The molecule has 0 heterocycles. The number of hydrogen-bond donors (Lipinski definition) is 2. The van der Waals surface area contributed by atoms with E-state index in [2.05, 4.69) is 18.9 Å². The minimum absolute atomic E-state index is 0.110. The maximum absolute atomic E-state index is 7.75. The predicted molar refractivity (Wildman–Crippen MR) is 83.8 cm³/mol. The largest absolute Gasteiger partial charge is 0.497 e. The van der Waals surface area contributed by atoms with E-state index in [1.807, 2.05) is 18.2 Å². The standard InChI is InChI=1S/C16H25N3O/c1-11-4-6-12(7-5-11)19(2)15-10-13(20-3)8-9-14(15)16(17)18/h8-12H,4-7H2,1-3H3,(H3,17,18). The smallest absolute Gasteiger partial charge is 0.124 e. The maximum Gasteiger partial charge on any atom is 0.124 e. The first kappa shape index (κ1) is 14.7. The van der Waals surface area contributed by atoms with Crippen LogP contribution in [0.1, 0.15) is 38.2 Å². The van der Waals surface area contributed by atoms with Crippen molar-refractivity contribution < 1.29 is 4.74 Å². The van der Waals surface area contributed by atoms with Crippen LogP contribution in [0.5, 0.6) is 5.75 Å². The van der Waals surface area contributed by atoms with E-state index in [-0.39, 0.29) is 5.84 Å². The topological polar surface area (TPSA) is 62.3 Å². The van der Waals surface area contributed by atoms with Gasteiger partial charge in [-0.3, -0.25) is 5.41 Å². The van der Waals surface area contributed by atoms with Crippen LogP contribution in [0.15, 0.2) is 18.2 Å². The van der Waals surface area contributed by atoms with Crippen LogP contribution in [0.25, 0.3) is 0 Å². The second-order valence-corrected chi connectivity index (χ2v) is 5.82. The molecule has 1 aromatic rings. The van der Waals surface area contributed by atoms with Gasteiger partial charge < -0.3 is 15.4 Å². The highest BCUT2D eigenvalue weighted by Crippen LogP contribution is 2.32. The molecule has 0 aliphatic heterocycles. The van der Waals surface area contributed by atoms with E-state index in [1.54, 1.807) is 7.11 Å². The normalized spacial score (nSPS) is 22.4. The van der Waals surface area contributed by atoms with E-state index in [0.29, 0.717) is 6.04 Å². The van der Waals surface area contributed by atoms with Crippen LogP contribution < -0.4 is 15.4 Å². The average molecular weight is 275 g/mol. The Morgan fingerprint density at radius 2 is 1.95 bits per heavy atom. The molecule has 2 rings (SSSR count). The van der Waals surface area contributed by atoms with Crippen LogP contribution in [0.2, 0.25) is 0 Å². The van der Waals surface area contributed by atoms with Crippen LogP contribution in [0.3, 0.4) is 0 Å². The highest BCUT2D eigenvalue weighted by molar-refractivity contribution is 6.00. The van der Waals surface area contributed by atoms with Crippen molar-refractivity contribution >= 4 is 11.5 Å². The summed E-state index contributed by atoms with van der Waals surface area (Å²) in [5.41, 5.74) is 7.49. The summed E-state index contributed by atoms with van der Waals surface area (Å²) in [7, 11) is 3.76. The van der Waals surface area contributed by atoms with Gasteiger partial charge >= 0.3 is 0 Å². The van der Waals surface area contributed by atoms with Crippen LogP contribution >= 0.6 is 0 Å². The highest BCUT2D eigenvalue weighted by atomic mass is 16.5. The number of nitrogens with one attached hydrogen (secondary N) is 1. The van der Waals surface area contributed by atoms with E-state index in [1.165, 1.54) is 25.7 Å². The van der Waals surface area contributed by atoms with Crippen LogP contribution in [-0.4, -0.2) is 26.0 Å². The van der Waals surface area contributed by atoms with Gasteiger partial charge in [0.2, 0.25) is 0 Å². The number of hydrogen-bond acceptors (Lipinski definition) is 3. The third-order valence-corrected chi connectivity index (χ3v) is 4.41. The minimum Gasteiger partial charge on any atom is -0.497 e. The fourth-order valence-electron chi connectivity index (χ4n) is 2.98. The van der Waals surface area contributed by atoms with Crippen molar-refractivity contribution in [1.29, 1.82) is 5.41 Å². The Labute approximate surface area is 121 Å².